The van der Waals surface area contributed by atoms with E-state index in [9.17, 15) is 9.90 Å². The van der Waals surface area contributed by atoms with Crippen LogP contribution in [0.2, 0.25) is 0 Å². The molecule has 0 amide bonds. The van der Waals surface area contributed by atoms with Crippen molar-refractivity contribution < 1.29 is 19.4 Å². The molecule has 0 saturated carbocycles. The van der Waals surface area contributed by atoms with Crippen molar-refractivity contribution in [2.45, 2.75) is 6.10 Å². The Kier molecular flexibility index (Phi) is 3.49. The Morgan fingerprint density at radius 2 is 2.06 bits per heavy atom. The number of carbonyl (C=O) groups excluding carboxylic acids is 1. The Morgan fingerprint density at radius 3 is 2.53 bits per heavy atom. The lowest BCUT2D eigenvalue weighted by Crippen LogP contribution is -2.09. The second-order valence-corrected chi connectivity index (χ2v) is 4.53. The van der Waals surface area contributed by atoms with Gasteiger partial charge in [-0.3, -0.25) is 0 Å². The topological polar surface area (TPSA) is 55.8 Å². The van der Waals surface area contributed by atoms with Crippen molar-refractivity contribution in [2.75, 3.05) is 13.7 Å². The van der Waals surface area contributed by atoms with Crippen LogP contribution in [-0.2, 0) is 9.53 Å². The third kappa shape index (κ3) is 2.35. The highest BCUT2D eigenvalue weighted by molar-refractivity contribution is 9.11. The number of aliphatic hydroxyl groups is 1. The second kappa shape index (κ2) is 4.89. The van der Waals surface area contributed by atoms with Gasteiger partial charge in [0.2, 0.25) is 0 Å². The average molecular weight is 299 g/mol. The van der Waals surface area contributed by atoms with Gasteiger partial charge in [-0.25, -0.2) is 4.79 Å². The van der Waals surface area contributed by atoms with E-state index in [2.05, 4.69) is 15.9 Å². The first-order valence-corrected chi connectivity index (χ1v) is 5.80. The average Bonchev–Trinajstić information content (AvgIpc) is 2.68. The molecule has 0 fully saturated rings. The van der Waals surface area contributed by atoms with Crippen molar-refractivity contribution in [3.05, 3.63) is 39.9 Å². The molecular formula is C12H11BrO4. The van der Waals surface area contributed by atoms with Gasteiger partial charge in [0.05, 0.1) is 12.7 Å². The zero-order chi connectivity index (χ0) is 12.4. The molecule has 1 N–H and O–H groups in total. The van der Waals surface area contributed by atoms with Crippen LogP contribution in [0.5, 0.6) is 5.75 Å². The second-order valence-electron chi connectivity index (χ2n) is 3.57. The highest BCUT2D eigenvalue weighted by Gasteiger charge is 2.30. The minimum absolute atomic E-state index is 0.182. The molecule has 4 nitrogen and oxygen atoms in total. The van der Waals surface area contributed by atoms with Gasteiger partial charge in [-0.2, -0.15) is 0 Å². The quantitative estimate of drug-likeness (QED) is 0.867. The summed E-state index contributed by atoms with van der Waals surface area (Å²) in [5.41, 5.74) is 0.881. The normalized spacial score (nSPS) is 17.0. The van der Waals surface area contributed by atoms with E-state index in [1.807, 2.05) is 0 Å². The van der Waals surface area contributed by atoms with Gasteiger partial charge < -0.3 is 14.6 Å². The molecule has 17 heavy (non-hydrogen) atoms. The monoisotopic (exact) mass is 298 g/mol. The van der Waals surface area contributed by atoms with Crippen LogP contribution in [-0.4, -0.2) is 24.8 Å². The number of benzene rings is 1. The maximum Gasteiger partial charge on any atom is 0.338 e. The van der Waals surface area contributed by atoms with Gasteiger partial charge in [-0.05, 0) is 17.7 Å². The lowest BCUT2D eigenvalue weighted by molar-refractivity contribution is -0.136. The number of ether oxygens (including phenoxy) is 2. The molecule has 0 spiro atoms. The maximum absolute atomic E-state index is 11.4. The molecule has 0 saturated heterocycles. The fourth-order valence-electron chi connectivity index (χ4n) is 1.61. The van der Waals surface area contributed by atoms with Gasteiger partial charge in [0.1, 0.15) is 18.5 Å². The fraction of sp³-hybridized carbons (Fsp3) is 0.250. The number of methoxy groups -OCH3 is 1. The van der Waals surface area contributed by atoms with Gasteiger partial charge in [0.25, 0.3) is 0 Å². The van der Waals surface area contributed by atoms with Crippen molar-refractivity contribution >= 4 is 21.9 Å². The van der Waals surface area contributed by atoms with Crippen molar-refractivity contribution in [3.8, 4) is 5.75 Å². The maximum atomic E-state index is 11.4. The third-order valence-electron chi connectivity index (χ3n) is 2.55. The summed E-state index contributed by atoms with van der Waals surface area (Å²) >= 11 is 3.22. The number of aliphatic hydroxyl groups excluding tert-OH is 1. The molecule has 0 bridgehead atoms. The SMILES string of the molecule is COc1ccc(C(O)C2=C(Br)COC2=O)cc1. The van der Waals surface area contributed by atoms with Crippen LogP contribution in [0.15, 0.2) is 34.3 Å². The Labute approximate surface area is 107 Å². The molecule has 0 radical (unpaired) electrons. The largest absolute Gasteiger partial charge is 0.497 e. The van der Waals surface area contributed by atoms with Crippen molar-refractivity contribution in [2.24, 2.45) is 0 Å². The molecule has 1 heterocycles. The molecule has 1 unspecified atom stereocenters. The summed E-state index contributed by atoms with van der Waals surface area (Å²) in [7, 11) is 1.57. The summed E-state index contributed by atoms with van der Waals surface area (Å²) in [6.45, 7) is 0.182. The molecule has 1 aromatic rings. The van der Waals surface area contributed by atoms with Crippen LogP contribution < -0.4 is 4.74 Å². The Balaban J connectivity index is 2.27. The Hall–Kier alpha value is -1.33. The summed E-state index contributed by atoms with van der Waals surface area (Å²) in [4.78, 5) is 11.4. The molecule has 1 aliphatic rings. The molecule has 2 rings (SSSR count). The highest BCUT2D eigenvalue weighted by Crippen LogP contribution is 2.32. The highest BCUT2D eigenvalue weighted by atomic mass is 79.9. The Morgan fingerprint density at radius 1 is 1.41 bits per heavy atom. The van der Waals surface area contributed by atoms with E-state index in [1.54, 1.807) is 31.4 Å². The summed E-state index contributed by atoms with van der Waals surface area (Å²) in [5, 5.41) is 10.1. The fourth-order valence-corrected chi connectivity index (χ4v) is 2.10. The lowest BCUT2D eigenvalue weighted by atomic mass is 10.0. The number of carbonyl (C=O) groups is 1. The molecule has 90 valence electrons. The summed E-state index contributed by atoms with van der Waals surface area (Å²) in [6, 6.07) is 6.88. The summed E-state index contributed by atoms with van der Waals surface area (Å²) in [6.07, 6.45) is -0.981. The number of halogens is 1. The number of hydrogen-bond acceptors (Lipinski definition) is 4. The van der Waals surface area contributed by atoms with Gasteiger partial charge in [-0.1, -0.05) is 28.1 Å². The molecule has 1 atom stereocenters. The van der Waals surface area contributed by atoms with Gasteiger partial charge in [-0.15, -0.1) is 0 Å². The van der Waals surface area contributed by atoms with Gasteiger partial charge in [0, 0.05) is 4.48 Å². The number of esters is 1. The number of cyclic esters (lactones) is 1. The van der Waals surface area contributed by atoms with Gasteiger partial charge in [0.15, 0.2) is 0 Å². The molecule has 0 aliphatic carbocycles. The lowest BCUT2D eigenvalue weighted by Gasteiger charge is -2.11. The van der Waals surface area contributed by atoms with E-state index in [0.717, 1.165) is 0 Å². The van der Waals surface area contributed by atoms with Crippen LogP contribution in [0.3, 0.4) is 0 Å². The first kappa shape index (κ1) is 12.1. The Bertz CT molecular complexity index is 464. The number of rotatable bonds is 3. The molecule has 0 aromatic heterocycles. The molecular weight excluding hydrogens is 288 g/mol. The zero-order valence-electron chi connectivity index (χ0n) is 9.14. The van der Waals surface area contributed by atoms with E-state index in [1.165, 1.54) is 0 Å². The van der Waals surface area contributed by atoms with Crippen LogP contribution in [0.4, 0.5) is 0 Å². The molecule has 1 aliphatic heterocycles. The predicted molar refractivity (Wildman–Crippen MR) is 64.9 cm³/mol. The van der Waals surface area contributed by atoms with Crippen molar-refractivity contribution in [1.82, 2.24) is 0 Å². The predicted octanol–water partition coefficient (Wildman–Crippen LogP) is 1.93. The third-order valence-corrected chi connectivity index (χ3v) is 3.20. The van der Waals surface area contributed by atoms with E-state index in [0.29, 0.717) is 15.8 Å². The van der Waals surface area contributed by atoms with E-state index < -0.39 is 12.1 Å². The van der Waals surface area contributed by atoms with E-state index in [4.69, 9.17) is 9.47 Å². The molecule has 5 heteroatoms. The van der Waals surface area contributed by atoms with Crippen LogP contribution in [0, 0.1) is 0 Å². The van der Waals surface area contributed by atoms with Crippen molar-refractivity contribution in [3.63, 3.8) is 0 Å². The van der Waals surface area contributed by atoms with E-state index in [-0.39, 0.29) is 12.2 Å². The van der Waals surface area contributed by atoms with Crippen molar-refractivity contribution in [1.29, 1.82) is 0 Å². The summed E-state index contributed by atoms with van der Waals surface area (Å²) in [5.74, 6) is 0.211. The summed E-state index contributed by atoms with van der Waals surface area (Å²) < 4.78 is 10.4. The van der Waals surface area contributed by atoms with Crippen LogP contribution in [0.25, 0.3) is 0 Å². The smallest absolute Gasteiger partial charge is 0.338 e. The standard InChI is InChI=1S/C12H11BrO4/c1-16-8-4-2-7(3-5-8)11(14)10-9(13)6-17-12(10)15/h2-5,11,14H,6H2,1H3. The minimum atomic E-state index is -0.981. The molecule has 1 aromatic carbocycles. The first-order chi connectivity index (χ1) is 8.13. The van der Waals surface area contributed by atoms with E-state index >= 15 is 0 Å². The van der Waals surface area contributed by atoms with Crippen LogP contribution in [0.1, 0.15) is 11.7 Å². The van der Waals surface area contributed by atoms with Gasteiger partial charge >= 0.3 is 5.97 Å². The number of hydrogen-bond donors (Lipinski definition) is 1. The zero-order valence-corrected chi connectivity index (χ0v) is 10.7. The van der Waals surface area contributed by atoms with Crippen LogP contribution >= 0.6 is 15.9 Å². The minimum Gasteiger partial charge on any atom is -0.497 e. The first-order valence-electron chi connectivity index (χ1n) is 5.01.